The van der Waals surface area contributed by atoms with Crippen LogP contribution in [0.15, 0.2) is 18.2 Å². The maximum absolute atomic E-state index is 5.47. The Morgan fingerprint density at radius 2 is 2.05 bits per heavy atom. The van der Waals surface area contributed by atoms with Crippen LogP contribution in [0.3, 0.4) is 0 Å². The van der Waals surface area contributed by atoms with Crippen molar-refractivity contribution < 1.29 is 9.47 Å². The van der Waals surface area contributed by atoms with E-state index in [9.17, 15) is 0 Å². The number of hydrogen-bond donors (Lipinski definition) is 1. The second-order valence-electron chi connectivity index (χ2n) is 6.25. The third kappa shape index (κ3) is 2.17. The summed E-state index contributed by atoms with van der Waals surface area (Å²) in [4.78, 5) is 2.59. The molecule has 1 aromatic rings. The quantitative estimate of drug-likeness (QED) is 0.916. The Bertz CT molecular complexity index is 505. The standard InChI is InChI=1S/C16H22N2O2/c1-11(12-2-3-15-16(8-12)20-10-19-15)17-14-5-7-18-6-4-13(14)9-18/h2-3,8,11,13-14,17H,4-7,9-10H2,1H3. The summed E-state index contributed by atoms with van der Waals surface area (Å²) in [7, 11) is 0. The highest BCUT2D eigenvalue weighted by atomic mass is 16.7. The Balaban J connectivity index is 1.46. The summed E-state index contributed by atoms with van der Waals surface area (Å²) in [5.74, 6) is 2.58. The molecule has 0 saturated carbocycles. The molecular weight excluding hydrogens is 252 g/mol. The summed E-state index contributed by atoms with van der Waals surface area (Å²) in [5.41, 5.74) is 1.29. The van der Waals surface area contributed by atoms with Crippen LogP contribution in [0.25, 0.3) is 0 Å². The van der Waals surface area contributed by atoms with Gasteiger partial charge in [0.05, 0.1) is 0 Å². The Morgan fingerprint density at radius 1 is 1.20 bits per heavy atom. The summed E-state index contributed by atoms with van der Waals surface area (Å²) >= 11 is 0. The van der Waals surface area contributed by atoms with Gasteiger partial charge in [0.2, 0.25) is 6.79 Å². The number of fused-ring (bicyclic) bond motifs is 3. The van der Waals surface area contributed by atoms with Gasteiger partial charge in [-0.2, -0.15) is 0 Å². The molecule has 0 amide bonds. The minimum atomic E-state index is 0.348. The summed E-state index contributed by atoms with van der Waals surface area (Å²) in [6, 6.07) is 7.31. The van der Waals surface area contributed by atoms with Crippen molar-refractivity contribution in [1.29, 1.82) is 0 Å². The third-order valence-electron chi connectivity index (χ3n) is 4.99. The van der Waals surface area contributed by atoms with E-state index < -0.39 is 0 Å². The summed E-state index contributed by atoms with van der Waals surface area (Å²) in [5, 5.41) is 3.83. The van der Waals surface area contributed by atoms with Crippen molar-refractivity contribution in [3.05, 3.63) is 23.8 Å². The van der Waals surface area contributed by atoms with E-state index in [1.165, 1.54) is 38.0 Å². The van der Waals surface area contributed by atoms with Crippen molar-refractivity contribution in [2.24, 2.45) is 5.92 Å². The second kappa shape index (κ2) is 4.93. The van der Waals surface area contributed by atoms with Gasteiger partial charge in [-0.1, -0.05) is 6.07 Å². The lowest BCUT2D eigenvalue weighted by Gasteiger charge is -2.33. The second-order valence-corrected chi connectivity index (χ2v) is 6.25. The largest absolute Gasteiger partial charge is 0.454 e. The molecule has 1 aromatic carbocycles. The van der Waals surface area contributed by atoms with Gasteiger partial charge in [-0.25, -0.2) is 0 Å². The molecule has 20 heavy (non-hydrogen) atoms. The van der Waals surface area contributed by atoms with E-state index in [0.717, 1.165) is 17.4 Å². The van der Waals surface area contributed by atoms with Crippen LogP contribution < -0.4 is 14.8 Å². The van der Waals surface area contributed by atoms with E-state index >= 15 is 0 Å². The molecule has 3 aliphatic heterocycles. The molecule has 108 valence electrons. The van der Waals surface area contributed by atoms with Gasteiger partial charge in [-0.3, -0.25) is 0 Å². The Morgan fingerprint density at radius 3 is 3.00 bits per heavy atom. The van der Waals surface area contributed by atoms with Crippen molar-refractivity contribution >= 4 is 0 Å². The highest BCUT2D eigenvalue weighted by molar-refractivity contribution is 5.45. The number of benzene rings is 1. The third-order valence-corrected chi connectivity index (χ3v) is 4.99. The van der Waals surface area contributed by atoms with Crippen molar-refractivity contribution in [2.75, 3.05) is 26.4 Å². The molecule has 4 rings (SSSR count). The smallest absolute Gasteiger partial charge is 0.231 e. The van der Waals surface area contributed by atoms with E-state index in [0.29, 0.717) is 18.9 Å². The zero-order valence-electron chi connectivity index (χ0n) is 12.0. The Hall–Kier alpha value is -1.26. The lowest BCUT2D eigenvalue weighted by molar-refractivity contribution is 0.174. The molecule has 0 aliphatic carbocycles. The van der Waals surface area contributed by atoms with Gasteiger partial charge in [-0.15, -0.1) is 0 Å². The molecule has 4 atom stereocenters. The molecule has 4 nitrogen and oxygen atoms in total. The van der Waals surface area contributed by atoms with Gasteiger partial charge in [0.15, 0.2) is 11.5 Å². The predicted octanol–water partition coefficient (Wildman–Crippen LogP) is 2.16. The van der Waals surface area contributed by atoms with E-state index in [1.54, 1.807) is 0 Å². The van der Waals surface area contributed by atoms with Crippen LogP contribution in [0.4, 0.5) is 0 Å². The lowest BCUT2D eigenvalue weighted by Crippen LogP contribution is -2.44. The first kappa shape index (κ1) is 12.5. The number of ether oxygens (including phenoxy) is 2. The van der Waals surface area contributed by atoms with Crippen molar-refractivity contribution in [1.82, 2.24) is 10.2 Å². The first-order chi connectivity index (χ1) is 9.79. The molecular formula is C16H22N2O2. The van der Waals surface area contributed by atoms with Crippen LogP contribution >= 0.6 is 0 Å². The van der Waals surface area contributed by atoms with Crippen LogP contribution in [0.5, 0.6) is 11.5 Å². The van der Waals surface area contributed by atoms with Gasteiger partial charge in [-0.05, 0) is 56.5 Å². The molecule has 3 heterocycles. The molecule has 4 heteroatoms. The molecule has 4 unspecified atom stereocenters. The average molecular weight is 274 g/mol. The minimum Gasteiger partial charge on any atom is -0.454 e. The fourth-order valence-corrected chi connectivity index (χ4v) is 3.77. The maximum Gasteiger partial charge on any atom is 0.231 e. The van der Waals surface area contributed by atoms with Crippen molar-refractivity contribution in [3.63, 3.8) is 0 Å². The van der Waals surface area contributed by atoms with Gasteiger partial charge < -0.3 is 19.7 Å². The topological polar surface area (TPSA) is 33.7 Å². The number of nitrogens with zero attached hydrogens (tertiary/aromatic N) is 1. The summed E-state index contributed by atoms with van der Waals surface area (Å²) in [6.07, 6.45) is 2.63. The van der Waals surface area contributed by atoms with Gasteiger partial charge in [0.25, 0.3) is 0 Å². The number of nitrogens with one attached hydrogen (secondary N) is 1. The highest BCUT2D eigenvalue weighted by Gasteiger charge is 2.34. The van der Waals surface area contributed by atoms with E-state index in [1.807, 2.05) is 6.07 Å². The number of rotatable bonds is 3. The van der Waals surface area contributed by atoms with Gasteiger partial charge in [0, 0.05) is 18.6 Å². The Labute approximate surface area is 120 Å². The van der Waals surface area contributed by atoms with Crippen LogP contribution in [0.2, 0.25) is 0 Å². The van der Waals surface area contributed by atoms with E-state index in [4.69, 9.17) is 9.47 Å². The van der Waals surface area contributed by atoms with Crippen molar-refractivity contribution in [2.45, 2.75) is 31.8 Å². The van der Waals surface area contributed by atoms with Crippen LogP contribution in [-0.4, -0.2) is 37.4 Å². The zero-order chi connectivity index (χ0) is 13.5. The fourth-order valence-electron chi connectivity index (χ4n) is 3.77. The monoisotopic (exact) mass is 274 g/mol. The zero-order valence-corrected chi connectivity index (χ0v) is 12.0. The molecule has 2 bridgehead atoms. The van der Waals surface area contributed by atoms with E-state index in [-0.39, 0.29) is 0 Å². The van der Waals surface area contributed by atoms with Crippen LogP contribution in [0.1, 0.15) is 31.4 Å². The summed E-state index contributed by atoms with van der Waals surface area (Å²) in [6.45, 7) is 6.43. The minimum absolute atomic E-state index is 0.348. The predicted molar refractivity (Wildman–Crippen MR) is 77.1 cm³/mol. The number of piperidine rings is 1. The van der Waals surface area contributed by atoms with Crippen LogP contribution in [-0.2, 0) is 0 Å². The lowest BCUT2D eigenvalue weighted by atomic mass is 9.92. The first-order valence-corrected chi connectivity index (χ1v) is 7.67. The molecule has 0 radical (unpaired) electrons. The fraction of sp³-hybridized carbons (Fsp3) is 0.625. The molecule has 2 saturated heterocycles. The van der Waals surface area contributed by atoms with Crippen LogP contribution in [0, 0.1) is 5.92 Å². The first-order valence-electron chi connectivity index (χ1n) is 7.67. The highest BCUT2D eigenvalue weighted by Crippen LogP contribution is 2.35. The van der Waals surface area contributed by atoms with Gasteiger partial charge in [0.1, 0.15) is 0 Å². The maximum atomic E-state index is 5.47. The molecule has 0 aromatic heterocycles. The summed E-state index contributed by atoms with van der Waals surface area (Å²) < 4.78 is 10.8. The molecule has 1 N–H and O–H groups in total. The molecule has 2 fully saturated rings. The molecule has 3 aliphatic rings. The number of hydrogen-bond acceptors (Lipinski definition) is 4. The molecule has 0 spiro atoms. The average Bonchev–Trinajstić information content (AvgIpc) is 3.08. The normalized spacial score (nSPS) is 32.4. The SMILES string of the molecule is CC(NC1CCN2CCC1C2)c1ccc2c(c1)OCO2. The van der Waals surface area contributed by atoms with Crippen molar-refractivity contribution in [3.8, 4) is 11.5 Å². The van der Waals surface area contributed by atoms with E-state index in [2.05, 4.69) is 29.3 Å². The Kier molecular flexibility index (Phi) is 3.08. The van der Waals surface area contributed by atoms with Gasteiger partial charge >= 0.3 is 0 Å².